The van der Waals surface area contributed by atoms with Crippen molar-refractivity contribution in [3.63, 3.8) is 0 Å². The van der Waals surface area contributed by atoms with Gasteiger partial charge in [-0.3, -0.25) is 0 Å². The van der Waals surface area contributed by atoms with Gasteiger partial charge in [0.1, 0.15) is 0 Å². The SMILES string of the molecule is CCCCOC1CCC(C2CCC(C3CCC4CC(COc5ccc(OCC)c(F)c5F)CCC4C3)CC2)CC1. The van der Waals surface area contributed by atoms with Crippen LogP contribution in [0.3, 0.4) is 0 Å². The third-order valence-corrected chi connectivity index (χ3v) is 11.3. The van der Waals surface area contributed by atoms with Crippen LogP contribution < -0.4 is 9.47 Å². The predicted octanol–water partition coefficient (Wildman–Crippen LogP) is 9.76. The Morgan fingerprint density at radius 3 is 1.75 bits per heavy atom. The number of hydrogen-bond donors (Lipinski definition) is 0. The van der Waals surface area contributed by atoms with Crippen molar-refractivity contribution in [3.05, 3.63) is 23.8 Å². The fourth-order valence-electron chi connectivity index (χ4n) is 8.91. The van der Waals surface area contributed by atoms with Crippen molar-refractivity contribution >= 4 is 0 Å². The summed E-state index contributed by atoms with van der Waals surface area (Å²) in [7, 11) is 0. The van der Waals surface area contributed by atoms with Gasteiger partial charge in [-0.2, -0.15) is 8.78 Å². The number of unbranched alkanes of at least 4 members (excludes halogenated alkanes) is 1. The van der Waals surface area contributed by atoms with Gasteiger partial charge in [0, 0.05) is 6.61 Å². The molecule has 0 amide bonds. The highest BCUT2D eigenvalue weighted by molar-refractivity contribution is 5.35. The van der Waals surface area contributed by atoms with Crippen molar-refractivity contribution in [1.82, 2.24) is 0 Å². The van der Waals surface area contributed by atoms with E-state index in [4.69, 9.17) is 14.2 Å². The summed E-state index contributed by atoms with van der Waals surface area (Å²) in [5.74, 6) is 3.96. The summed E-state index contributed by atoms with van der Waals surface area (Å²) in [4.78, 5) is 0. The Morgan fingerprint density at radius 2 is 1.12 bits per heavy atom. The second-order valence-electron chi connectivity index (χ2n) is 13.6. The molecule has 0 N–H and O–H groups in total. The molecular formula is C35H54F2O3. The molecule has 0 heterocycles. The fraction of sp³-hybridized carbons (Fsp3) is 0.829. The van der Waals surface area contributed by atoms with Crippen LogP contribution in [-0.2, 0) is 4.74 Å². The molecule has 0 saturated heterocycles. The van der Waals surface area contributed by atoms with E-state index >= 15 is 0 Å². The maximum Gasteiger partial charge on any atom is 0.204 e. The first kappa shape index (κ1) is 30.1. The van der Waals surface area contributed by atoms with Crippen LogP contribution in [0.5, 0.6) is 11.5 Å². The zero-order valence-corrected chi connectivity index (χ0v) is 25.2. The summed E-state index contributed by atoms with van der Waals surface area (Å²) < 4.78 is 45.7. The first-order chi connectivity index (χ1) is 19.6. The summed E-state index contributed by atoms with van der Waals surface area (Å²) in [6, 6.07) is 2.97. The standard InChI is InChI=1S/C35H54F2O3/c1-3-5-20-39-31-16-14-26(15-17-31)25-8-10-27(11-9-25)29-13-12-28-21-24(6-7-30(28)22-29)23-40-33-19-18-32(38-4-2)34(36)35(33)37/h18-19,24-31H,3-17,20-23H2,1-2H3. The Morgan fingerprint density at radius 1 is 0.625 bits per heavy atom. The van der Waals surface area contributed by atoms with Crippen LogP contribution in [0.1, 0.15) is 117 Å². The Bertz CT molecular complexity index is 906. The Balaban J connectivity index is 1.01. The molecular weight excluding hydrogens is 506 g/mol. The molecule has 0 bridgehead atoms. The second-order valence-corrected chi connectivity index (χ2v) is 13.6. The maximum absolute atomic E-state index is 14.4. The zero-order valence-electron chi connectivity index (χ0n) is 25.2. The van der Waals surface area contributed by atoms with E-state index in [1.165, 1.54) is 108 Å². The smallest absolute Gasteiger partial charge is 0.204 e. The molecule has 4 aliphatic carbocycles. The lowest BCUT2D eigenvalue weighted by molar-refractivity contribution is 0.00226. The molecule has 0 aromatic heterocycles. The average molecular weight is 561 g/mol. The van der Waals surface area contributed by atoms with Gasteiger partial charge in [-0.05, 0) is 157 Å². The van der Waals surface area contributed by atoms with Crippen molar-refractivity contribution in [2.75, 3.05) is 19.8 Å². The van der Waals surface area contributed by atoms with E-state index < -0.39 is 11.6 Å². The Hall–Kier alpha value is -1.36. The highest BCUT2D eigenvalue weighted by Gasteiger charge is 2.40. The number of rotatable bonds is 11. The summed E-state index contributed by atoms with van der Waals surface area (Å²) in [6.45, 7) is 5.74. The minimum atomic E-state index is -0.949. The molecule has 4 saturated carbocycles. The van der Waals surface area contributed by atoms with Crippen molar-refractivity contribution in [1.29, 1.82) is 0 Å². The van der Waals surface area contributed by atoms with Crippen molar-refractivity contribution < 1.29 is 23.0 Å². The van der Waals surface area contributed by atoms with Crippen LogP contribution in [0, 0.1) is 53.1 Å². The van der Waals surface area contributed by atoms with Crippen LogP contribution in [0.4, 0.5) is 8.78 Å². The zero-order chi connectivity index (χ0) is 27.9. The van der Waals surface area contributed by atoms with Crippen LogP contribution >= 0.6 is 0 Å². The lowest BCUT2D eigenvalue weighted by Crippen LogP contribution is -2.36. The average Bonchev–Trinajstić information content (AvgIpc) is 2.99. The molecule has 4 unspecified atom stereocenters. The largest absolute Gasteiger partial charge is 0.491 e. The molecule has 226 valence electrons. The second kappa shape index (κ2) is 14.7. The van der Waals surface area contributed by atoms with Gasteiger partial charge >= 0.3 is 0 Å². The van der Waals surface area contributed by atoms with E-state index in [1.54, 1.807) is 6.92 Å². The van der Waals surface area contributed by atoms with E-state index in [1.807, 2.05) is 0 Å². The van der Waals surface area contributed by atoms with Gasteiger partial charge in [0.15, 0.2) is 11.5 Å². The van der Waals surface area contributed by atoms with E-state index in [0.29, 0.717) is 25.2 Å². The van der Waals surface area contributed by atoms with Crippen molar-refractivity contribution in [2.24, 2.45) is 41.4 Å². The first-order valence-electron chi connectivity index (χ1n) is 16.9. The van der Waals surface area contributed by atoms with E-state index in [9.17, 15) is 8.78 Å². The number of benzene rings is 1. The molecule has 1 aromatic rings. The van der Waals surface area contributed by atoms with Crippen LogP contribution in [-0.4, -0.2) is 25.9 Å². The fourth-order valence-corrected chi connectivity index (χ4v) is 8.91. The maximum atomic E-state index is 14.4. The summed E-state index contributed by atoms with van der Waals surface area (Å²) in [5, 5.41) is 0. The minimum absolute atomic E-state index is 0.00994. The van der Waals surface area contributed by atoms with Crippen LogP contribution in [0.2, 0.25) is 0 Å². The third-order valence-electron chi connectivity index (χ3n) is 11.3. The highest BCUT2D eigenvalue weighted by Crippen LogP contribution is 2.50. The Labute approximate surface area is 242 Å². The molecule has 0 spiro atoms. The van der Waals surface area contributed by atoms with Gasteiger partial charge in [-0.15, -0.1) is 0 Å². The van der Waals surface area contributed by atoms with E-state index in [0.717, 1.165) is 48.5 Å². The van der Waals surface area contributed by atoms with Crippen molar-refractivity contribution in [3.8, 4) is 11.5 Å². The van der Waals surface area contributed by atoms with E-state index in [-0.39, 0.29) is 11.5 Å². The molecule has 0 radical (unpaired) electrons. The number of hydrogen-bond acceptors (Lipinski definition) is 3. The number of ether oxygens (including phenoxy) is 3. The Kier molecular flexibility index (Phi) is 11.1. The van der Waals surface area contributed by atoms with Gasteiger partial charge in [-0.25, -0.2) is 0 Å². The summed E-state index contributed by atoms with van der Waals surface area (Å²) >= 11 is 0. The molecule has 4 atom stereocenters. The molecule has 5 rings (SSSR count). The number of fused-ring (bicyclic) bond motifs is 1. The lowest BCUT2D eigenvalue weighted by Gasteiger charge is -2.46. The first-order valence-corrected chi connectivity index (χ1v) is 16.9. The van der Waals surface area contributed by atoms with Crippen LogP contribution in [0.15, 0.2) is 12.1 Å². The van der Waals surface area contributed by atoms with Crippen LogP contribution in [0.25, 0.3) is 0 Å². The summed E-state index contributed by atoms with van der Waals surface area (Å²) in [5.41, 5.74) is 0. The quantitative estimate of drug-likeness (QED) is 0.252. The van der Waals surface area contributed by atoms with Crippen molar-refractivity contribution in [2.45, 2.75) is 123 Å². The molecule has 5 heteroatoms. The molecule has 1 aromatic carbocycles. The predicted molar refractivity (Wildman–Crippen MR) is 157 cm³/mol. The minimum Gasteiger partial charge on any atom is -0.491 e. The number of halogens is 2. The molecule has 0 aliphatic heterocycles. The van der Waals surface area contributed by atoms with Gasteiger partial charge in [-0.1, -0.05) is 13.3 Å². The molecule has 40 heavy (non-hydrogen) atoms. The van der Waals surface area contributed by atoms with Gasteiger partial charge < -0.3 is 14.2 Å². The third kappa shape index (κ3) is 7.53. The summed E-state index contributed by atoms with van der Waals surface area (Å²) in [6.07, 6.45) is 21.9. The van der Waals surface area contributed by atoms with Gasteiger partial charge in [0.2, 0.25) is 11.6 Å². The lowest BCUT2D eigenvalue weighted by atomic mass is 9.60. The van der Waals surface area contributed by atoms with Gasteiger partial charge in [0.05, 0.1) is 19.3 Å². The van der Waals surface area contributed by atoms with E-state index in [2.05, 4.69) is 6.92 Å². The topological polar surface area (TPSA) is 27.7 Å². The van der Waals surface area contributed by atoms with Gasteiger partial charge in [0.25, 0.3) is 0 Å². The normalized spacial score (nSPS) is 34.7. The molecule has 3 nitrogen and oxygen atoms in total. The monoisotopic (exact) mass is 560 g/mol. The molecule has 4 fully saturated rings. The highest BCUT2D eigenvalue weighted by atomic mass is 19.2. The molecule has 4 aliphatic rings.